The van der Waals surface area contributed by atoms with Crippen molar-refractivity contribution < 1.29 is 14.6 Å². The van der Waals surface area contributed by atoms with Crippen LogP contribution in [0.2, 0.25) is 0 Å². The standard InChI is InChI=1S/C11H14O3/c1-7-3-4-8-9(6-13-2)11(12)14-10(8)5-7/h3-5,9,11-12H,6H2,1-2H3. The fourth-order valence-corrected chi connectivity index (χ4v) is 1.77. The molecule has 1 aliphatic rings. The highest BCUT2D eigenvalue weighted by Crippen LogP contribution is 2.37. The lowest BCUT2D eigenvalue weighted by Gasteiger charge is -2.11. The van der Waals surface area contributed by atoms with E-state index in [1.54, 1.807) is 7.11 Å². The Labute approximate surface area is 83.3 Å². The van der Waals surface area contributed by atoms with E-state index >= 15 is 0 Å². The molecule has 0 amide bonds. The minimum Gasteiger partial charge on any atom is -0.464 e. The summed E-state index contributed by atoms with van der Waals surface area (Å²) in [6.45, 7) is 2.48. The molecule has 1 aromatic rings. The smallest absolute Gasteiger partial charge is 0.206 e. The van der Waals surface area contributed by atoms with Crippen molar-refractivity contribution in [2.24, 2.45) is 0 Å². The van der Waals surface area contributed by atoms with Crippen LogP contribution >= 0.6 is 0 Å². The van der Waals surface area contributed by atoms with Gasteiger partial charge in [0.25, 0.3) is 0 Å². The molecule has 3 heteroatoms. The minimum atomic E-state index is -0.772. The van der Waals surface area contributed by atoms with E-state index in [0.29, 0.717) is 6.61 Å². The van der Waals surface area contributed by atoms with Crippen LogP contribution < -0.4 is 4.74 Å². The summed E-state index contributed by atoms with van der Waals surface area (Å²) in [7, 11) is 1.62. The molecule has 2 atom stereocenters. The van der Waals surface area contributed by atoms with Gasteiger partial charge in [-0.15, -0.1) is 0 Å². The molecule has 2 unspecified atom stereocenters. The second-order valence-electron chi connectivity index (χ2n) is 3.61. The van der Waals surface area contributed by atoms with E-state index in [0.717, 1.165) is 16.9 Å². The van der Waals surface area contributed by atoms with Crippen molar-refractivity contribution in [3.05, 3.63) is 29.3 Å². The van der Waals surface area contributed by atoms with E-state index in [4.69, 9.17) is 9.47 Å². The molecule has 0 bridgehead atoms. The summed E-state index contributed by atoms with van der Waals surface area (Å²) >= 11 is 0. The van der Waals surface area contributed by atoms with Gasteiger partial charge in [0.2, 0.25) is 6.29 Å². The van der Waals surface area contributed by atoms with Gasteiger partial charge in [-0.1, -0.05) is 12.1 Å². The maximum atomic E-state index is 9.63. The van der Waals surface area contributed by atoms with Crippen molar-refractivity contribution in [3.63, 3.8) is 0 Å². The third kappa shape index (κ3) is 1.49. The highest BCUT2D eigenvalue weighted by Gasteiger charge is 2.32. The largest absolute Gasteiger partial charge is 0.464 e. The minimum absolute atomic E-state index is 0.0596. The van der Waals surface area contributed by atoms with Crippen molar-refractivity contribution >= 4 is 0 Å². The highest BCUT2D eigenvalue weighted by molar-refractivity contribution is 5.43. The topological polar surface area (TPSA) is 38.7 Å². The molecule has 76 valence electrons. The van der Waals surface area contributed by atoms with Gasteiger partial charge in [-0.2, -0.15) is 0 Å². The van der Waals surface area contributed by atoms with Gasteiger partial charge in [0.05, 0.1) is 12.5 Å². The van der Waals surface area contributed by atoms with Gasteiger partial charge in [0.1, 0.15) is 5.75 Å². The van der Waals surface area contributed by atoms with E-state index in [-0.39, 0.29) is 5.92 Å². The van der Waals surface area contributed by atoms with Crippen LogP contribution in [0.15, 0.2) is 18.2 Å². The first-order chi connectivity index (χ1) is 6.72. The van der Waals surface area contributed by atoms with Crippen molar-refractivity contribution in [1.29, 1.82) is 0 Å². The van der Waals surface area contributed by atoms with Crippen LogP contribution in [-0.4, -0.2) is 25.1 Å². The highest BCUT2D eigenvalue weighted by atomic mass is 16.6. The number of aliphatic hydroxyl groups excluding tert-OH is 1. The predicted octanol–water partition coefficient (Wildman–Crippen LogP) is 1.44. The fourth-order valence-electron chi connectivity index (χ4n) is 1.77. The monoisotopic (exact) mass is 194 g/mol. The molecule has 1 heterocycles. The zero-order valence-corrected chi connectivity index (χ0v) is 8.36. The molecule has 0 aromatic heterocycles. The number of hydrogen-bond donors (Lipinski definition) is 1. The zero-order valence-electron chi connectivity index (χ0n) is 8.36. The van der Waals surface area contributed by atoms with Crippen molar-refractivity contribution in [2.45, 2.75) is 19.1 Å². The lowest BCUT2D eigenvalue weighted by Crippen LogP contribution is -2.21. The normalized spacial score (nSPS) is 24.5. The number of aryl methyl sites for hydroxylation is 1. The first kappa shape index (κ1) is 9.49. The Balaban J connectivity index is 2.33. The first-order valence-corrected chi connectivity index (χ1v) is 4.66. The van der Waals surface area contributed by atoms with Crippen LogP contribution in [0, 0.1) is 6.92 Å². The molecule has 0 fully saturated rings. The number of hydrogen-bond acceptors (Lipinski definition) is 3. The molecule has 0 aliphatic carbocycles. The summed E-state index contributed by atoms with van der Waals surface area (Å²) in [6, 6.07) is 5.95. The van der Waals surface area contributed by atoms with Crippen LogP contribution in [0.4, 0.5) is 0 Å². The van der Waals surface area contributed by atoms with Crippen LogP contribution in [0.3, 0.4) is 0 Å². The summed E-state index contributed by atoms with van der Waals surface area (Å²) in [4.78, 5) is 0. The van der Waals surface area contributed by atoms with Crippen LogP contribution in [0.25, 0.3) is 0 Å². The summed E-state index contributed by atoms with van der Waals surface area (Å²) < 4.78 is 10.4. The molecular weight excluding hydrogens is 180 g/mol. The Morgan fingerprint density at radius 1 is 1.50 bits per heavy atom. The Hall–Kier alpha value is -1.06. The van der Waals surface area contributed by atoms with Gasteiger partial charge in [-0.25, -0.2) is 0 Å². The first-order valence-electron chi connectivity index (χ1n) is 4.66. The predicted molar refractivity (Wildman–Crippen MR) is 52.4 cm³/mol. The molecule has 14 heavy (non-hydrogen) atoms. The molecule has 0 saturated heterocycles. The second kappa shape index (κ2) is 3.59. The third-order valence-electron chi connectivity index (χ3n) is 2.51. The second-order valence-corrected chi connectivity index (χ2v) is 3.61. The SMILES string of the molecule is COCC1c2ccc(C)cc2OC1O. The van der Waals surface area contributed by atoms with Crippen LogP contribution in [0.1, 0.15) is 17.0 Å². The number of fused-ring (bicyclic) bond motifs is 1. The Kier molecular flexibility index (Phi) is 2.44. The number of benzene rings is 1. The maximum Gasteiger partial charge on any atom is 0.206 e. The quantitative estimate of drug-likeness (QED) is 0.774. The molecular formula is C11H14O3. The number of rotatable bonds is 2. The van der Waals surface area contributed by atoms with Crippen LogP contribution in [0.5, 0.6) is 5.75 Å². The Bertz CT molecular complexity index is 335. The van der Waals surface area contributed by atoms with Crippen molar-refractivity contribution in [1.82, 2.24) is 0 Å². The van der Waals surface area contributed by atoms with E-state index in [1.165, 1.54) is 0 Å². The van der Waals surface area contributed by atoms with Gasteiger partial charge >= 0.3 is 0 Å². The summed E-state index contributed by atoms with van der Waals surface area (Å²) in [5.41, 5.74) is 2.17. The number of methoxy groups -OCH3 is 1. The average molecular weight is 194 g/mol. The molecule has 0 radical (unpaired) electrons. The summed E-state index contributed by atoms with van der Waals surface area (Å²) in [6.07, 6.45) is -0.772. The van der Waals surface area contributed by atoms with Crippen molar-refractivity contribution in [3.8, 4) is 5.75 Å². The molecule has 1 aliphatic heterocycles. The van der Waals surface area contributed by atoms with Gasteiger partial charge in [-0.3, -0.25) is 0 Å². The molecule has 0 saturated carbocycles. The molecule has 3 nitrogen and oxygen atoms in total. The molecule has 1 N–H and O–H groups in total. The van der Waals surface area contributed by atoms with E-state index in [2.05, 4.69) is 0 Å². The summed E-state index contributed by atoms with van der Waals surface area (Å²) in [5.74, 6) is 0.718. The van der Waals surface area contributed by atoms with E-state index in [9.17, 15) is 5.11 Å². The zero-order chi connectivity index (χ0) is 10.1. The molecule has 2 rings (SSSR count). The van der Waals surface area contributed by atoms with E-state index in [1.807, 2.05) is 25.1 Å². The maximum absolute atomic E-state index is 9.63. The van der Waals surface area contributed by atoms with Gasteiger partial charge in [0.15, 0.2) is 0 Å². The van der Waals surface area contributed by atoms with Crippen LogP contribution in [-0.2, 0) is 4.74 Å². The fraction of sp³-hybridized carbons (Fsp3) is 0.455. The lowest BCUT2D eigenvalue weighted by atomic mass is 10.00. The number of ether oxygens (including phenoxy) is 2. The van der Waals surface area contributed by atoms with Crippen molar-refractivity contribution in [2.75, 3.05) is 13.7 Å². The Morgan fingerprint density at radius 2 is 2.29 bits per heavy atom. The lowest BCUT2D eigenvalue weighted by molar-refractivity contribution is -0.0345. The van der Waals surface area contributed by atoms with Gasteiger partial charge in [0, 0.05) is 12.7 Å². The van der Waals surface area contributed by atoms with E-state index < -0.39 is 6.29 Å². The Morgan fingerprint density at radius 3 is 3.00 bits per heavy atom. The summed E-state index contributed by atoms with van der Waals surface area (Å²) in [5, 5.41) is 9.63. The number of aliphatic hydroxyl groups is 1. The third-order valence-corrected chi connectivity index (χ3v) is 2.51. The van der Waals surface area contributed by atoms with Gasteiger partial charge in [-0.05, 0) is 18.6 Å². The average Bonchev–Trinajstić information content (AvgIpc) is 2.43. The van der Waals surface area contributed by atoms with Gasteiger partial charge < -0.3 is 14.6 Å². The molecule has 1 aromatic carbocycles. The molecule has 0 spiro atoms.